The molecule has 8 heteroatoms. The number of nitrogens with two attached hydrogens (primary N) is 1. The molecule has 1 amide bonds. The molecule has 27 heavy (non-hydrogen) atoms. The highest BCUT2D eigenvalue weighted by molar-refractivity contribution is 7.99. The van der Waals surface area contributed by atoms with Crippen molar-refractivity contribution in [2.45, 2.75) is 31.3 Å². The molecule has 0 radical (unpaired) electrons. The zero-order valence-corrected chi connectivity index (χ0v) is 17.1. The second kappa shape index (κ2) is 7.30. The van der Waals surface area contributed by atoms with Crippen molar-refractivity contribution in [1.82, 2.24) is 9.55 Å². The summed E-state index contributed by atoms with van der Waals surface area (Å²) in [5.74, 6) is 0.234. The molecule has 0 spiro atoms. The number of aryl methyl sites for hydroxylation is 1. The van der Waals surface area contributed by atoms with Crippen LogP contribution in [0.4, 0.5) is 0 Å². The number of carbonyl (C=O) groups is 1. The lowest BCUT2D eigenvalue weighted by Gasteiger charge is -2.17. The summed E-state index contributed by atoms with van der Waals surface area (Å²) in [5.41, 5.74) is 7.02. The van der Waals surface area contributed by atoms with Crippen molar-refractivity contribution in [2.24, 2.45) is 11.7 Å². The van der Waals surface area contributed by atoms with Gasteiger partial charge in [-0.15, -0.1) is 11.3 Å². The van der Waals surface area contributed by atoms with Gasteiger partial charge in [-0.1, -0.05) is 30.3 Å². The molecule has 1 unspecified atom stereocenters. The molecule has 2 heterocycles. The molecular weight excluding hydrogens is 402 g/mol. The Balaban J connectivity index is 1.96. The number of fused-ring (bicyclic) bond motifs is 3. The van der Waals surface area contributed by atoms with Crippen LogP contribution in [0.3, 0.4) is 0 Å². The summed E-state index contributed by atoms with van der Waals surface area (Å²) in [6.07, 6.45) is 2.97. The Labute approximate surface area is 169 Å². The van der Waals surface area contributed by atoms with Gasteiger partial charge in [0.25, 0.3) is 5.56 Å². The Morgan fingerprint density at radius 1 is 1.41 bits per heavy atom. The zero-order chi connectivity index (χ0) is 19.1. The quantitative estimate of drug-likeness (QED) is 0.515. The number of halogens is 1. The Morgan fingerprint density at radius 2 is 2.15 bits per heavy atom. The van der Waals surface area contributed by atoms with E-state index in [1.807, 2.05) is 0 Å². The number of thiophene rings is 1. The lowest BCUT2D eigenvalue weighted by atomic mass is 9.89. The summed E-state index contributed by atoms with van der Waals surface area (Å²) >= 11 is 8.78. The number of amides is 1. The predicted octanol–water partition coefficient (Wildman–Crippen LogP) is 3.80. The van der Waals surface area contributed by atoms with Gasteiger partial charge in [0, 0.05) is 9.90 Å². The summed E-state index contributed by atoms with van der Waals surface area (Å²) in [5, 5.41) is 1.77. The van der Waals surface area contributed by atoms with Gasteiger partial charge >= 0.3 is 0 Å². The molecule has 3 aromatic rings. The van der Waals surface area contributed by atoms with E-state index in [2.05, 4.69) is 6.92 Å². The molecule has 0 bridgehead atoms. The largest absolute Gasteiger partial charge is 0.369 e. The molecular formula is C19H18ClN3O2S2. The predicted molar refractivity (Wildman–Crippen MR) is 111 cm³/mol. The third kappa shape index (κ3) is 3.51. The van der Waals surface area contributed by atoms with Gasteiger partial charge in [0.15, 0.2) is 5.16 Å². The number of rotatable bonds is 4. The smallest absolute Gasteiger partial charge is 0.267 e. The van der Waals surface area contributed by atoms with Gasteiger partial charge in [-0.2, -0.15) is 0 Å². The van der Waals surface area contributed by atoms with Crippen molar-refractivity contribution in [3.63, 3.8) is 0 Å². The lowest BCUT2D eigenvalue weighted by Crippen LogP contribution is -2.23. The van der Waals surface area contributed by atoms with Crippen LogP contribution in [0.1, 0.15) is 23.8 Å². The molecule has 2 aromatic heterocycles. The number of nitrogens with zero attached hydrogens (tertiary/aromatic N) is 2. The highest BCUT2D eigenvalue weighted by Crippen LogP contribution is 2.37. The maximum atomic E-state index is 13.5. The number of carbonyl (C=O) groups excluding carboxylic acids is 1. The molecule has 2 N–H and O–H groups in total. The highest BCUT2D eigenvalue weighted by Gasteiger charge is 2.25. The summed E-state index contributed by atoms with van der Waals surface area (Å²) in [6.45, 7) is 2.24. The van der Waals surface area contributed by atoms with Gasteiger partial charge in [-0.3, -0.25) is 14.2 Å². The van der Waals surface area contributed by atoms with Gasteiger partial charge < -0.3 is 5.73 Å². The minimum atomic E-state index is -0.448. The van der Waals surface area contributed by atoms with Crippen LogP contribution in [0.2, 0.25) is 5.02 Å². The Bertz CT molecular complexity index is 1090. The van der Waals surface area contributed by atoms with Crippen molar-refractivity contribution in [2.75, 3.05) is 5.75 Å². The fraction of sp³-hybridized carbons (Fsp3) is 0.316. The normalized spacial score (nSPS) is 16.4. The lowest BCUT2D eigenvalue weighted by molar-refractivity contribution is -0.115. The number of hydrogen-bond acceptors (Lipinski definition) is 5. The van der Waals surface area contributed by atoms with Crippen LogP contribution in [0.15, 0.2) is 34.2 Å². The molecule has 0 aliphatic heterocycles. The van der Waals surface area contributed by atoms with Crippen molar-refractivity contribution in [1.29, 1.82) is 0 Å². The fourth-order valence-corrected chi connectivity index (χ4v) is 5.72. The fourth-order valence-electron chi connectivity index (χ4n) is 3.42. The van der Waals surface area contributed by atoms with Crippen LogP contribution >= 0.6 is 34.7 Å². The Kier molecular flexibility index (Phi) is 5.01. The average Bonchev–Trinajstić information content (AvgIpc) is 2.98. The molecule has 4 rings (SSSR count). The van der Waals surface area contributed by atoms with Crippen LogP contribution in [0.5, 0.6) is 0 Å². The number of aromatic nitrogens is 2. The first-order valence-electron chi connectivity index (χ1n) is 8.68. The maximum Gasteiger partial charge on any atom is 0.267 e. The SMILES string of the molecule is CC1CCc2c(sc3nc(SCC(N)=O)n(-c4ccc(Cl)cc4)c(=O)c23)C1. The first-order chi connectivity index (χ1) is 12.9. The van der Waals surface area contributed by atoms with Crippen molar-refractivity contribution in [3.05, 3.63) is 50.1 Å². The Hall–Kier alpha value is -1.83. The van der Waals surface area contributed by atoms with E-state index >= 15 is 0 Å². The minimum absolute atomic E-state index is 0.0632. The van der Waals surface area contributed by atoms with Crippen LogP contribution < -0.4 is 11.3 Å². The van der Waals surface area contributed by atoms with Gasteiger partial charge in [0.1, 0.15) is 4.83 Å². The molecule has 140 valence electrons. The Morgan fingerprint density at radius 3 is 2.85 bits per heavy atom. The van der Waals surface area contributed by atoms with E-state index in [-0.39, 0.29) is 11.3 Å². The summed E-state index contributed by atoms with van der Waals surface area (Å²) < 4.78 is 1.57. The second-order valence-electron chi connectivity index (χ2n) is 6.80. The van der Waals surface area contributed by atoms with Crippen LogP contribution in [0.25, 0.3) is 15.9 Å². The molecule has 5 nitrogen and oxygen atoms in total. The minimum Gasteiger partial charge on any atom is -0.369 e. The van der Waals surface area contributed by atoms with E-state index < -0.39 is 5.91 Å². The standard InChI is InChI=1S/C19H18ClN3O2S2/c1-10-2-7-13-14(8-10)27-17-16(13)18(25)23(12-5-3-11(20)4-6-12)19(22-17)26-9-15(21)24/h3-6,10H,2,7-9H2,1H3,(H2,21,24). The molecule has 0 saturated heterocycles. The summed E-state index contributed by atoms with van der Waals surface area (Å²) in [7, 11) is 0. The summed E-state index contributed by atoms with van der Waals surface area (Å²) in [4.78, 5) is 31.5. The van der Waals surface area contributed by atoms with E-state index in [4.69, 9.17) is 22.3 Å². The molecule has 0 saturated carbocycles. The van der Waals surface area contributed by atoms with Crippen molar-refractivity contribution >= 4 is 50.8 Å². The van der Waals surface area contributed by atoms with E-state index in [0.717, 1.165) is 29.7 Å². The zero-order valence-electron chi connectivity index (χ0n) is 14.7. The van der Waals surface area contributed by atoms with Gasteiger partial charge in [0.05, 0.1) is 16.8 Å². The third-order valence-corrected chi connectivity index (χ3v) is 7.09. The maximum absolute atomic E-state index is 13.5. The van der Waals surface area contributed by atoms with Crippen molar-refractivity contribution in [3.8, 4) is 5.69 Å². The number of thioether (sulfide) groups is 1. The highest BCUT2D eigenvalue weighted by atomic mass is 35.5. The molecule has 1 atom stereocenters. The van der Waals surface area contributed by atoms with E-state index in [0.29, 0.717) is 27.2 Å². The molecule has 1 aliphatic carbocycles. The molecule has 1 aliphatic rings. The average molecular weight is 420 g/mol. The molecule has 1 aromatic carbocycles. The monoisotopic (exact) mass is 419 g/mol. The van der Waals surface area contributed by atoms with Gasteiger partial charge in [-0.25, -0.2) is 4.98 Å². The van der Waals surface area contributed by atoms with E-state index in [1.54, 1.807) is 40.2 Å². The number of hydrogen-bond donors (Lipinski definition) is 1. The first kappa shape index (κ1) is 18.5. The van der Waals surface area contributed by atoms with Gasteiger partial charge in [0.2, 0.25) is 5.91 Å². The van der Waals surface area contributed by atoms with Crippen LogP contribution in [0, 0.1) is 5.92 Å². The van der Waals surface area contributed by atoms with Gasteiger partial charge in [-0.05, 0) is 55.0 Å². The van der Waals surface area contributed by atoms with E-state index in [9.17, 15) is 9.59 Å². The van der Waals surface area contributed by atoms with Crippen LogP contribution in [-0.2, 0) is 17.6 Å². The topological polar surface area (TPSA) is 78.0 Å². The van der Waals surface area contributed by atoms with E-state index in [1.165, 1.54) is 16.6 Å². The molecule has 0 fully saturated rings. The third-order valence-electron chi connectivity index (χ3n) is 4.73. The number of benzene rings is 1. The van der Waals surface area contributed by atoms with Crippen LogP contribution in [-0.4, -0.2) is 21.2 Å². The summed E-state index contributed by atoms with van der Waals surface area (Å²) in [6, 6.07) is 7.04. The second-order valence-corrected chi connectivity index (χ2v) is 9.26. The number of primary amides is 1. The van der Waals surface area contributed by atoms with Crippen molar-refractivity contribution < 1.29 is 4.79 Å². The first-order valence-corrected chi connectivity index (χ1v) is 10.9.